The molecule has 0 unspecified atom stereocenters. The molecule has 0 aliphatic carbocycles. The van der Waals surface area contributed by atoms with Crippen molar-refractivity contribution in [3.8, 4) is 11.7 Å². The van der Waals surface area contributed by atoms with Gasteiger partial charge in [0.15, 0.2) is 17.8 Å². The van der Waals surface area contributed by atoms with Gasteiger partial charge in [0.2, 0.25) is 5.95 Å². The Morgan fingerprint density at radius 1 is 1.17 bits per heavy atom. The summed E-state index contributed by atoms with van der Waals surface area (Å²) >= 11 is 6.41. The number of fused-ring (bicyclic) bond motifs is 1. The summed E-state index contributed by atoms with van der Waals surface area (Å²) in [4.78, 5) is 46.6. The van der Waals surface area contributed by atoms with Crippen LogP contribution in [0, 0.1) is 0 Å². The molecule has 0 spiro atoms. The summed E-state index contributed by atoms with van der Waals surface area (Å²) in [7, 11) is 1.26. The second-order valence-electron chi connectivity index (χ2n) is 7.41. The number of carbonyl (C=O) groups is 2. The number of hydrogen-bond donors (Lipinski definition) is 1. The van der Waals surface area contributed by atoms with Gasteiger partial charge >= 0.3 is 24.1 Å². The van der Waals surface area contributed by atoms with Gasteiger partial charge < -0.3 is 19.7 Å². The van der Waals surface area contributed by atoms with Crippen LogP contribution in [0.5, 0.6) is 6.01 Å². The first-order valence-corrected chi connectivity index (χ1v) is 10.6. The third kappa shape index (κ3) is 4.93. The van der Waals surface area contributed by atoms with Crippen LogP contribution in [-0.4, -0.2) is 70.0 Å². The topological polar surface area (TPSA) is 121 Å². The van der Waals surface area contributed by atoms with Crippen LogP contribution in [0.15, 0.2) is 29.1 Å². The Morgan fingerprint density at radius 3 is 2.51 bits per heavy atom. The number of ether oxygens (including phenoxy) is 2. The van der Waals surface area contributed by atoms with E-state index in [1.165, 1.54) is 7.05 Å². The lowest BCUT2D eigenvalue weighted by Gasteiger charge is -2.28. The van der Waals surface area contributed by atoms with Gasteiger partial charge in [-0.15, -0.1) is 0 Å². The molecule has 2 aromatic heterocycles. The maximum absolute atomic E-state index is 13.3. The SMILES string of the molecule is Cn1c(OC(=O)COC(=O)C(F)(F)F)nc2nc(N3CCNCC3)n(-c3ccccc3Cl)c2c1=O. The molecular weight excluding hydrogens is 497 g/mol. The second kappa shape index (κ2) is 9.54. The predicted molar refractivity (Wildman–Crippen MR) is 117 cm³/mol. The van der Waals surface area contributed by atoms with Gasteiger partial charge in [-0.1, -0.05) is 23.7 Å². The Kier molecular flexibility index (Phi) is 6.67. The molecule has 35 heavy (non-hydrogen) atoms. The molecule has 0 atom stereocenters. The van der Waals surface area contributed by atoms with Crippen LogP contribution < -0.4 is 20.5 Å². The van der Waals surface area contributed by atoms with Gasteiger partial charge in [-0.3, -0.25) is 13.9 Å². The van der Waals surface area contributed by atoms with Crippen LogP contribution in [0.1, 0.15) is 0 Å². The van der Waals surface area contributed by atoms with Gasteiger partial charge in [0.1, 0.15) is 0 Å². The number of benzene rings is 1. The van der Waals surface area contributed by atoms with E-state index >= 15 is 0 Å². The van der Waals surface area contributed by atoms with E-state index in [4.69, 9.17) is 16.3 Å². The third-order valence-electron chi connectivity index (χ3n) is 5.09. The number of anilines is 1. The molecule has 1 fully saturated rings. The number of rotatable bonds is 5. The molecule has 3 aromatic rings. The maximum atomic E-state index is 13.3. The van der Waals surface area contributed by atoms with E-state index in [1.807, 2.05) is 4.90 Å². The summed E-state index contributed by atoms with van der Waals surface area (Å²) in [6, 6.07) is 6.30. The fourth-order valence-corrected chi connectivity index (χ4v) is 3.67. The third-order valence-corrected chi connectivity index (χ3v) is 5.41. The monoisotopic (exact) mass is 514 g/mol. The zero-order valence-corrected chi connectivity index (χ0v) is 18.9. The quantitative estimate of drug-likeness (QED) is 0.500. The number of esters is 2. The van der Waals surface area contributed by atoms with Crippen LogP contribution in [0.2, 0.25) is 5.02 Å². The van der Waals surface area contributed by atoms with Gasteiger partial charge in [-0.05, 0) is 12.1 Å². The summed E-state index contributed by atoms with van der Waals surface area (Å²) in [6.45, 7) is 1.20. The standard InChI is InChI=1S/C20H18ClF3N6O5/c1-28-16(32)14-15(27-19(28)35-13(31)10-34-17(33)20(22,23)24)26-18(29-8-6-25-7-9-29)30(14)12-5-3-2-4-11(12)21/h2-5,25H,6-10H2,1H3. The van der Waals surface area contributed by atoms with Gasteiger partial charge in [0.05, 0.1) is 10.7 Å². The fraction of sp³-hybridized carbons (Fsp3) is 0.350. The number of halogens is 4. The van der Waals surface area contributed by atoms with E-state index in [1.54, 1.807) is 28.8 Å². The Hall–Kier alpha value is -3.65. The van der Waals surface area contributed by atoms with Crippen molar-refractivity contribution >= 4 is 40.7 Å². The highest BCUT2D eigenvalue weighted by Crippen LogP contribution is 2.30. The highest BCUT2D eigenvalue weighted by atomic mass is 35.5. The lowest BCUT2D eigenvalue weighted by atomic mass is 10.3. The highest BCUT2D eigenvalue weighted by molar-refractivity contribution is 6.32. The molecule has 186 valence electrons. The van der Waals surface area contributed by atoms with Gasteiger partial charge in [0, 0.05) is 33.2 Å². The maximum Gasteiger partial charge on any atom is 0.490 e. The number of piperazine rings is 1. The second-order valence-corrected chi connectivity index (χ2v) is 7.82. The molecule has 4 rings (SSSR count). The van der Waals surface area contributed by atoms with Crippen molar-refractivity contribution in [2.75, 3.05) is 37.7 Å². The van der Waals surface area contributed by atoms with Gasteiger partial charge in [0.25, 0.3) is 5.56 Å². The normalized spacial score (nSPS) is 14.3. The average molecular weight is 515 g/mol. The van der Waals surface area contributed by atoms with Gasteiger partial charge in [-0.25, -0.2) is 9.59 Å². The minimum absolute atomic E-state index is 0.0532. The molecule has 0 amide bonds. The van der Waals surface area contributed by atoms with Crippen LogP contribution in [0.25, 0.3) is 16.9 Å². The highest BCUT2D eigenvalue weighted by Gasteiger charge is 2.41. The van der Waals surface area contributed by atoms with E-state index in [0.29, 0.717) is 42.8 Å². The first-order chi connectivity index (χ1) is 16.6. The van der Waals surface area contributed by atoms with E-state index in [-0.39, 0.29) is 11.2 Å². The average Bonchev–Trinajstić information content (AvgIpc) is 3.20. The summed E-state index contributed by atoms with van der Waals surface area (Å²) in [6.07, 6.45) is -5.27. The molecule has 1 aromatic carbocycles. The smallest absolute Gasteiger partial charge is 0.447 e. The van der Waals surface area contributed by atoms with Gasteiger partial charge in [-0.2, -0.15) is 23.1 Å². The lowest BCUT2D eigenvalue weighted by molar-refractivity contribution is -0.201. The molecule has 0 bridgehead atoms. The van der Waals surface area contributed by atoms with Crippen molar-refractivity contribution in [2.45, 2.75) is 6.18 Å². The zero-order chi connectivity index (χ0) is 25.3. The Labute approximate surface area is 200 Å². The van der Waals surface area contributed by atoms with E-state index in [0.717, 1.165) is 4.57 Å². The summed E-state index contributed by atoms with van der Waals surface area (Å²) < 4.78 is 48.0. The molecule has 1 aliphatic rings. The number of imidazole rings is 1. The summed E-state index contributed by atoms with van der Waals surface area (Å²) in [5.41, 5.74) is -0.194. The minimum atomic E-state index is -5.27. The van der Waals surface area contributed by atoms with Crippen molar-refractivity contribution in [3.63, 3.8) is 0 Å². The number of alkyl halides is 3. The van der Waals surface area contributed by atoms with Crippen LogP contribution in [0.3, 0.4) is 0 Å². The first-order valence-electron chi connectivity index (χ1n) is 10.2. The predicted octanol–water partition coefficient (Wildman–Crippen LogP) is 1.19. The van der Waals surface area contributed by atoms with Crippen molar-refractivity contribution in [1.82, 2.24) is 24.4 Å². The molecule has 1 saturated heterocycles. The van der Waals surface area contributed by atoms with Crippen molar-refractivity contribution in [2.24, 2.45) is 7.05 Å². The van der Waals surface area contributed by atoms with Crippen LogP contribution >= 0.6 is 11.6 Å². The van der Waals surface area contributed by atoms with Crippen molar-refractivity contribution in [3.05, 3.63) is 39.6 Å². The fourth-order valence-electron chi connectivity index (χ4n) is 3.45. The molecular formula is C20H18ClF3N6O5. The molecule has 1 N–H and O–H groups in total. The molecule has 1 aliphatic heterocycles. The molecule has 3 heterocycles. The first kappa shape index (κ1) is 24.5. The number of aromatic nitrogens is 4. The number of nitrogens with one attached hydrogen (secondary N) is 1. The Morgan fingerprint density at radius 2 is 1.86 bits per heavy atom. The van der Waals surface area contributed by atoms with E-state index in [2.05, 4.69) is 20.0 Å². The number of carbonyl (C=O) groups excluding carboxylic acids is 2. The number of hydrogen-bond acceptors (Lipinski definition) is 9. The van der Waals surface area contributed by atoms with E-state index < -0.39 is 36.3 Å². The zero-order valence-electron chi connectivity index (χ0n) is 18.1. The largest absolute Gasteiger partial charge is 0.490 e. The minimum Gasteiger partial charge on any atom is -0.447 e. The Bertz CT molecular complexity index is 1350. The Balaban J connectivity index is 1.75. The number of para-hydroxylation sites is 1. The summed E-state index contributed by atoms with van der Waals surface area (Å²) in [5, 5.41) is 3.57. The summed E-state index contributed by atoms with van der Waals surface area (Å²) in [5.74, 6) is -3.52. The van der Waals surface area contributed by atoms with Crippen molar-refractivity contribution in [1.29, 1.82) is 0 Å². The number of nitrogens with zero attached hydrogens (tertiary/aromatic N) is 5. The molecule has 15 heteroatoms. The van der Waals surface area contributed by atoms with Crippen LogP contribution in [-0.2, 0) is 21.4 Å². The van der Waals surface area contributed by atoms with Crippen LogP contribution in [0.4, 0.5) is 19.1 Å². The molecule has 11 nitrogen and oxygen atoms in total. The van der Waals surface area contributed by atoms with Crippen molar-refractivity contribution < 1.29 is 32.2 Å². The van der Waals surface area contributed by atoms with E-state index in [9.17, 15) is 27.6 Å². The molecule has 0 saturated carbocycles. The lowest BCUT2D eigenvalue weighted by Crippen LogP contribution is -2.44. The molecule has 0 radical (unpaired) electrons.